The van der Waals surface area contributed by atoms with Crippen molar-refractivity contribution < 1.29 is 0 Å². The standard InChI is InChI=1S/C10H22S2/c1-4-9(2)7-12-8-10(3)5-6-11/h9-11H,4-8H2,1-3H3. The third kappa shape index (κ3) is 7.35. The van der Waals surface area contributed by atoms with Crippen molar-refractivity contribution in [2.24, 2.45) is 11.8 Å². The van der Waals surface area contributed by atoms with Crippen LogP contribution in [-0.2, 0) is 0 Å². The summed E-state index contributed by atoms with van der Waals surface area (Å²) in [5.41, 5.74) is 0. The second-order valence-corrected chi connectivity index (χ2v) is 5.19. The molecule has 0 aromatic rings. The summed E-state index contributed by atoms with van der Waals surface area (Å²) in [6.45, 7) is 6.92. The molecule has 0 spiro atoms. The monoisotopic (exact) mass is 206 g/mol. The highest BCUT2D eigenvalue weighted by Crippen LogP contribution is 2.16. The molecule has 0 radical (unpaired) electrons. The van der Waals surface area contributed by atoms with E-state index < -0.39 is 0 Å². The number of thiol groups is 1. The van der Waals surface area contributed by atoms with Gasteiger partial charge in [0.1, 0.15) is 0 Å². The SMILES string of the molecule is CCC(C)CSCC(C)CCS. The molecule has 0 aromatic heterocycles. The maximum Gasteiger partial charge on any atom is -0.00414 e. The molecule has 12 heavy (non-hydrogen) atoms. The van der Waals surface area contributed by atoms with E-state index in [-0.39, 0.29) is 0 Å². The van der Waals surface area contributed by atoms with Crippen LogP contribution in [0.5, 0.6) is 0 Å². The Bertz CT molecular complexity index is 93.8. The Hall–Kier alpha value is 0.700. The van der Waals surface area contributed by atoms with Crippen molar-refractivity contribution in [2.45, 2.75) is 33.6 Å². The Morgan fingerprint density at radius 3 is 2.25 bits per heavy atom. The predicted octanol–water partition coefficient (Wildman–Crippen LogP) is 3.72. The van der Waals surface area contributed by atoms with Crippen LogP contribution in [0.3, 0.4) is 0 Å². The van der Waals surface area contributed by atoms with E-state index in [4.69, 9.17) is 0 Å². The zero-order chi connectivity index (χ0) is 9.40. The lowest BCUT2D eigenvalue weighted by atomic mass is 10.2. The van der Waals surface area contributed by atoms with Gasteiger partial charge >= 0.3 is 0 Å². The van der Waals surface area contributed by atoms with E-state index in [1.54, 1.807) is 0 Å². The van der Waals surface area contributed by atoms with Gasteiger partial charge in [0.2, 0.25) is 0 Å². The largest absolute Gasteiger partial charge is 0.179 e. The Labute approximate surface area is 87.3 Å². The van der Waals surface area contributed by atoms with Crippen LogP contribution in [0, 0.1) is 11.8 Å². The van der Waals surface area contributed by atoms with E-state index in [9.17, 15) is 0 Å². The van der Waals surface area contributed by atoms with Crippen molar-refractivity contribution in [3.8, 4) is 0 Å². The fraction of sp³-hybridized carbons (Fsp3) is 1.00. The molecule has 0 saturated heterocycles. The highest BCUT2D eigenvalue weighted by molar-refractivity contribution is 7.99. The van der Waals surface area contributed by atoms with E-state index in [2.05, 4.69) is 45.2 Å². The first kappa shape index (κ1) is 12.7. The molecule has 2 unspecified atom stereocenters. The predicted molar refractivity (Wildman–Crippen MR) is 64.4 cm³/mol. The number of hydrogen-bond donors (Lipinski definition) is 1. The van der Waals surface area contributed by atoms with E-state index in [1.165, 1.54) is 24.3 Å². The Balaban J connectivity index is 3.18. The van der Waals surface area contributed by atoms with Gasteiger partial charge in [-0.1, -0.05) is 27.2 Å². The normalized spacial score (nSPS) is 16.0. The van der Waals surface area contributed by atoms with Gasteiger partial charge < -0.3 is 0 Å². The zero-order valence-corrected chi connectivity index (χ0v) is 10.3. The summed E-state index contributed by atoms with van der Waals surface area (Å²) in [6, 6.07) is 0. The zero-order valence-electron chi connectivity index (χ0n) is 8.55. The second kappa shape index (κ2) is 8.31. The lowest BCUT2D eigenvalue weighted by molar-refractivity contribution is 0.624. The van der Waals surface area contributed by atoms with E-state index in [0.717, 1.165) is 17.6 Å². The molecule has 0 aliphatic heterocycles. The van der Waals surface area contributed by atoms with E-state index in [0.29, 0.717) is 0 Å². The van der Waals surface area contributed by atoms with Crippen molar-refractivity contribution in [3.63, 3.8) is 0 Å². The minimum absolute atomic E-state index is 0.844. The van der Waals surface area contributed by atoms with Gasteiger partial charge in [0, 0.05) is 0 Å². The van der Waals surface area contributed by atoms with Crippen LogP contribution in [0.2, 0.25) is 0 Å². The molecule has 0 saturated carbocycles. The molecule has 0 rings (SSSR count). The first-order valence-corrected chi connectivity index (χ1v) is 6.68. The molecule has 2 atom stereocenters. The number of hydrogen-bond acceptors (Lipinski definition) is 2. The molecular formula is C10H22S2. The van der Waals surface area contributed by atoms with Crippen LogP contribution in [0.25, 0.3) is 0 Å². The summed E-state index contributed by atoms with van der Waals surface area (Å²) >= 11 is 6.33. The maximum atomic E-state index is 4.23. The number of rotatable bonds is 7. The van der Waals surface area contributed by atoms with Gasteiger partial charge in [-0.05, 0) is 35.5 Å². The minimum atomic E-state index is 0.844. The molecule has 0 aliphatic carbocycles. The summed E-state index contributed by atoms with van der Waals surface area (Å²) in [7, 11) is 0. The molecule has 0 aromatic carbocycles. The van der Waals surface area contributed by atoms with Crippen LogP contribution in [0.4, 0.5) is 0 Å². The molecule has 0 fully saturated rings. The van der Waals surface area contributed by atoms with Crippen LogP contribution in [0.15, 0.2) is 0 Å². The summed E-state index contributed by atoms with van der Waals surface area (Å²) in [5.74, 6) is 5.40. The van der Waals surface area contributed by atoms with Gasteiger partial charge in [-0.15, -0.1) is 0 Å². The lowest BCUT2D eigenvalue weighted by Crippen LogP contribution is -2.03. The van der Waals surface area contributed by atoms with Gasteiger partial charge in [-0.25, -0.2) is 0 Å². The number of thioether (sulfide) groups is 1. The quantitative estimate of drug-likeness (QED) is 0.619. The van der Waals surface area contributed by atoms with Crippen LogP contribution >= 0.6 is 24.4 Å². The Morgan fingerprint density at radius 1 is 1.17 bits per heavy atom. The van der Waals surface area contributed by atoms with Crippen molar-refractivity contribution in [3.05, 3.63) is 0 Å². The third-order valence-electron chi connectivity index (χ3n) is 2.12. The van der Waals surface area contributed by atoms with Gasteiger partial charge in [0.05, 0.1) is 0 Å². The molecule has 0 nitrogen and oxygen atoms in total. The molecular weight excluding hydrogens is 184 g/mol. The topological polar surface area (TPSA) is 0 Å². The van der Waals surface area contributed by atoms with E-state index >= 15 is 0 Å². The van der Waals surface area contributed by atoms with Crippen molar-refractivity contribution in [2.75, 3.05) is 17.3 Å². The van der Waals surface area contributed by atoms with Crippen LogP contribution < -0.4 is 0 Å². The molecule has 0 heterocycles. The van der Waals surface area contributed by atoms with Gasteiger partial charge in [0.25, 0.3) is 0 Å². The maximum absolute atomic E-state index is 4.23. The first-order valence-electron chi connectivity index (χ1n) is 4.89. The highest BCUT2D eigenvalue weighted by atomic mass is 32.2. The molecule has 0 amide bonds. The summed E-state index contributed by atoms with van der Waals surface area (Å²) in [6.07, 6.45) is 2.57. The summed E-state index contributed by atoms with van der Waals surface area (Å²) in [4.78, 5) is 0. The molecule has 74 valence electrons. The van der Waals surface area contributed by atoms with Gasteiger partial charge in [0.15, 0.2) is 0 Å². The van der Waals surface area contributed by atoms with Crippen molar-refractivity contribution in [1.82, 2.24) is 0 Å². The van der Waals surface area contributed by atoms with Crippen LogP contribution in [0.1, 0.15) is 33.6 Å². The first-order chi connectivity index (χ1) is 5.70. The van der Waals surface area contributed by atoms with Crippen molar-refractivity contribution in [1.29, 1.82) is 0 Å². The molecule has 2 heteroatoms. The summed E-state index contributed by atoms with van der Waals surface area (Å²) < 4.78 is 0. The average molecular weight is 206 g/mol. The summed E-state index contributed by atoms with van der Waals surface area (Å²) in [5, 5.41) is 0. The Kier molecular flexibility index (Phi) is 8.79. The fourth-order valence-corrected chi connectivity index (χ4v) is 2.68. The Morgan fingerprint density at radius 2 is 1.75 bits per heavy atom. The van der Waals surface area contributed by atoms with E-state index in [1.807, 2.05) is 0 Å². The van der Waals surface area contributed by atoms with Crippen LogP contribution in [-0.4, -0.2) is 17.3 Å². The van der Waals surface area contributed by atoms with Gasteiger partial charge in [-0.3, -0.25) is 0 Å². The highest BCUT2D eigenvalue weighted by Gasteiger charge is 2.03. The lowest BCUT2D eigenvalue weighted by Gasteiger charge is -2.11. The fourth-order valence-electron chi connectivity index (χ4n) is 0.892. The average Bonchev–Trinajstić information content (AvgIpc) is 2.04. The van der Waals surface area contributed by atoms with Crippen molar-refractivity contribution >= 4 is 24.4 Å². The van der Waals surface area contributed by atoms with Gasteiger partial charge in [-0.2, -0.15) is 24.4 Å². The minimum Gasteiger partial charge on any atom is -0.179 e. The molecule has 0 bridgehead atoms. The third-order valence-corrected chi connectivity index (χ3v) is 3.99. The molecule has 0 N–H and O–H groups in total. The smallest absolute Gasteiger partial charge is 0.00414 e. The second-order valence-electron chi connectivity index (χ2n) is 3.67. The molecule has 0 aliphatic rings.